The summed E-state index contributed by atoms with van der Waals surface area (Å²) < 4.78 is 19.2. The molecule has 26 heavy (non-hydrogen) atoms. The van der Waals surface area contributed by atoms with Crippen LogP contribution in [0.5, 0.6) is 0 Å². The molecule has 1 aliphatic rings. The number of carbonyl (C=O) groups is 2. The van der Waals surface area contributed by atoms with E-state index in [-0.39, 0.29) is 23.9 Å². The standard InChI is InChI=1S/C18H27FN4O3/c1-20-7-2-3-17(24)21-14-4-5-15(19)16(13-14)22-18(25)6-8-23-9-11-26-12-10-23/h4-5,13,20H,2-3,6-12H2,1H3,(H,21,24)(H,22,25). The highest BCUT2D eigenvalue weighted by molar-refractivity contribution is 5.94. The first-order valence-electron chi connectivity index (χ1n) is 8.92. The first-order valence-corrected chi connectivity index (χ1v) is 8.92. The van der Waals surface area contributed by atoms with E-state index >= 15 is 0 Å². The lowest BCUT2D eigenvalue weighted by atomic mass is 10.2. The van der Waals surface area contributed by atoms with Crippen molar-refractivity contribution in [3.8, 4) is 0 Å². The molecular formula is C18H27FN4O3. The maximum Gasteiger partial charge on any atom is 0.225 e. The highest BCUT2D eigenvalue weighted by Crippen LogP contribution is 2.20. The minimum atomic E-state index is -0.530. The van der Waals surface area contributed by atoms with Crippen LogP contribution in [0.2, 0.25) is 0 Å². The van der Waals surface area contributed by atoms with E-state index in [9.17, 15) is 14.0 Å². The van der Waals surface area contributed by atoms with E-state index < -0.39 is 5.82 Å². The van der Waals surface area contributed by atoms with Crippen LogP contribution in [0.3, 0.4) is 0 Å². The van der Waals surface area contributed by atoms with Gasteiger partial charge >= 0.3 is 0 Å². The maximum absolute atomic E-state index is 13.9. The number of nitrogens with one attached hydrogen (secondary N) is 3. The Morgan fingerprint density at radius 2 is 1.88 bits per heavy atom. The molecular weight excluding hydrogens is 339 g/mol. The third-order valence-electron chi connectivity index (χ3n) is 4.11. The van der Waals surface area contributed by atoms with Crippen molar-refractivity contribution in [2.24, 2.45) is 0 Å². The second kappa shape index (κ2) is 10.8. The van der Waals surface area contributed by atoms with E-state index in [1.165, 1.54) is 18.2 Å². The van der Waals surface area contributed by atoms with Crippen LogP contribution in [0.15, 0.2) is 18.2 Å². The lowest BCUT2D eigenvalue weighted by Gasteiger charge is -2.26. The monoisotopic (exact) mass is 366 g/mol. The van der Waals surface area contributed by atoms with Crippen LogP contribution in [0.4, 0.5) is 15.8 Å². The molecule has 1 aromatic rings. The second-order valence-electron chi connectivity index (χ2n) is 6.20. The average Bonchev–Trinajstić information content (AvgIpc) is 2.64. The van der Waals surface area contributed by atoms with Gasteiger partial charge in [-0.05, 0) is 38.2 Å². The summed E-state index contributed by atoms with van der Waals surface area (Å²) in [5.74, 6) is -0.928. The summed E-state index contributed by atoms with van der Waals surface area (Å²) >= 11 is 0. The number of nitrogens with zero attached hydrogens (tertiary/aromatic N) is 1. The summed E-state index contributed by atoms with van der Waals surface area (Å²) in [6, 6.07) is 4.16. The van der Waals surface area contributed by atoms with E-state index in [4.69, 9.17) is 4.74 Å². The molecule has 0 spiro atoms. The number of anilines is 2. The van der Waals surface area contributed by atoms with Crippen molar-refractivity contribution in [2.45, 2.75) is 19.3 Å². The number of hydrogen-bond acceptors (Lipinski definition) is 5. The number of amides is 2. The minimum Gasteiger partial charge on any atom is -0.379 e. The zero-order valence-electron chi connectivity index (χ0n) is 15.1. The molecule has 144 valence electrons. The van der Waals surface area contributed by atoms with Crippen LogP contribution >= 0.6 is 0 Å². The van der Waals surface area contributed by atoms with E-state index in [2.05, 4.69) is 20.9 Å². The van der Waals surface area contributed by atoms with Gasteiger partial charge in [0.25, 0.3) is 0 Å². The van der Waals surface area contributed by atoms with Crippen molar-refractivity contribution < 1.29 is 18.7 Å². The van der Waals surface area contributed by atoms with Gasteiger partial charge in [0.1, 0.15) is 5.82 Å². The average molecular weight is 366 g/mol. The van der Waals surface area contributed by atoms with Gasteiger partial charge in [-0.1, -0.05) is 0 Å². The second-order valence-corrected chi connectivity index (χ2v) is 6.20. The normalized spacial score (nSPS) is 14.8. The van der Waals surface area contributed by atoms with E-state index in [0.29, 0.717) is 38.3 Å². The molecule has 0 unspecified atom stereocenters. The highest BCUT2D eigenvalue weighted by Gasteiger charge is 2.14. The van der Waals surface area contributed by atoms with Crippen molar-refractivity contribution >= 4 is 23.2 Å². The van der Waals surface area contributed by atoms with Crippen LogP contribution < -0.4 is 16.0 Å². The summed E-state index contributed by atoms with van der Waals surface area (Å²) in [6.07, 6.45) is 1.37. The Hall–Kier alpha value is -2.03. The van der Waals surface area contributed by atoms with Crippen molar-refractivity contribution in [1.82, 2.24) is 10.2 Å². The highest BCUT2D eigenvalue weighted by atomic mass is 19.1. The number of rotatable bonds is 9. The molecule has 7 nitrogen and oxygen atoms in total. The lowest BCUT2D eigenvalue weighted by Crippen LogP contribution is -2.38. The molecule has 0 radical (unpaired) electrons. The van der Waals surface area contributed by atoms with Gasteiger partial charge in [0, 0.05) is 38.2 Å². The van der Waals surface area contributed by atoms with Gasteiger partial charge < -0.3 is 20.7 Å². The van der Waals surface area contributed by atoms with Crippen molar-refractivity contribution in [3.05, 3.63) is 24.0 Å². The first-order chi connectivity index (χ1) is 12.6. The first kappa shape index (κ1) is 20.3. The van der Waals surface area contributed by atoms with Gasteiger partial charge in [0.15, 0.2) is 0 Å². The van der Waals surface area contributed by atoms with Gasteiger partial charge in [-0.2, -0.15) is 0 Å². The third kappa shape index (κ3) is 7.07. The Morgan fingerprint density at radius 1 is 1.15 bits per heavy atom. The summed E-state index contributed by atoms with van der Waals surface area (Å²) in [7, 11) is 1.83. The fourth-order valence-corrected chi connectivity index (χ4v) is 2.65. The van der Waals surface area contributed by atoms with Crippen LogP contribution in [-0.4, -0.2) is 63.2 Å². The Morgan fingerprint density at radius 3 is 2.62 bits per heavy atom. The Labute approximate surface area is 153 Å². The molecule has 0 saturated carbocycles. The molecule has 2 amide bonds. The topological polar surface area (TPSA) is 82.7 Å². The van der Waals surface area contributed by atoms with Gasteiger partial charge in [-0.25, -0.2) is 4.39 Å². The van der Waals surface area contributed by atoms with E-state index in [0.717, 1.165) is 19.6 Å². The van der Waals surface area contributed by atoms with Crippen molar-refractivity contribution in [3.63, 3.8) is 0 Å². The quantitative estimate of drug-likeness (QED) is 0.576. The Kier molecular flexibility index (Phi) is 8.46. The van der Waals surface area contributed by atoms with Gasteiger partial charge in [0.05, 0.1) is 18.9 Å². The van der Waals surface area contributed by atoms with Gasteiger partial charge in [-0.15, -0.1) is 0 Å². The predicted molar refractivity (Wildman–Crippen MR) is 98.7 cm³/mol. The zero-order chi connectivity index (χ0) is 18.8. The molecule has 8 heteroatoms. The fourth-order valence-electron chi connectivity index (χ4n) is 2.65. The number of benzene rings is 1. The molecule has 0 atom stereocenters. The minimum absolute atomic E-state index is 0.0741. The van der Waals surface area contributed by atoms with E-state index in [1.807, 2.05) is 7.05 Å². The number of carbonyl (C=O) groups excluding carboxylic acids is 2. The van der Waals surface area contributed by atoms with Gasteiger partial charge in [-0.3, -0.25) is 14.5 Å². The molecule has 1 aromatic carbocycles. The maximum atomic E-state index is 13.9. The predicted octanol–water partition coefficient (Wildman–Crippen LogP) is 1.42. The van der Waals surface area contributed by atoms with Gasteiger partial charge in [0.2, 0.25) is 11.8 Å². The largest absolute Gasteiger partial charge is 0.379 e. The Balaban J connectivity index is 1.83. The molecule has 1 fully saturated rings. The van der Waals surface area contributed by atoms with Crippen molar-refractivity contribution in [1.29, 1.82) is 0 Å². The molecule has 1 aliphatic heterocycles. The summed E-state index contributed by atoms with van der Waals surface area (Å²) in [5.41, 5.74) is 0.536. The number of hydrogen-bond donors (Lipinski definition) is 3. The van der Waals surface area contributed by atoms with Crippen LogP contribution in [-0.2, 0) is 14.3 Å². The lowest BCUT2D eigenvalue weighted by molar-refractivity contribution is -0.117. The number of ether oxygens (including phenoxy) is 1. The van der Waals surface area contributed by atoms with Crippen LogP contribution in [0.1, 0.15) is 19.3 Å². The molecule has 2 rings (SSSR count). The van der Waals surface area contributed by atoms with E-state index in [1.54, 1.807) is 0 Å². The molecule has 1 heterocycles. The summed E-state index contributed by atoms with van der Waals surface area (Å²) in [6.45, 7) is 4.31. The molecule has 1 saturated heterocycles. The fraction of sp³-hybridized carbons (Fsp3) is 0.556. The molecule has 0 bridgehead atoms. The third-order valence-corrected chi connectivity index (χ3v) is 4.11. The number of morpholine rings is 1. The SMILES string of the molecule is CNCCCC(=O)Nc1ccc(F)c(NC(=O)CCN2CCOCC2)c1. The van der Waals surface area contributed by atoms with Crippen LogP contribution in [0, 0.1) is 5.82 Å². The summed E-state index contributed by atoms with van der Waals surface area (Å²) in [5, 5.41) is 8.27. The summed E-state index contributed by atoms with van der Waals surface area (Å²) in [4.78, 5) is 26.1. The molecule has 3 N–H and O–H groups in total. The zero-order valence-corrected chi connectivity index (χ0v) is 15.1. The smallest absolute Gasteiger partial charge is 0.225 e. The molecule has 0 aromatic heterocycles. The van der Waals surface area contributed by atoms with Crippen molar-refractivity contribution in [2.75, 3.05) is 57.1 Å². The van der Waals surface area contributed by atoms with Crippen LogP contribution in [0.25, 0.3) is 0 Å². The number of halogens is 1. The Bertz CT molecular complexity index is 606. The molecule has 0 aliphatic carbocycles.